The Kier molecular flexibility index (Phi) is 5.92. The lowest BCUT2D eigenvalue weighted by atomic mass is 9.70. The molecule has 0 spiro atoms. The van der Waals surface area contributed by atoms with Gasteiger partial charge in [-0.3, -0.25) is 19.2 Å². The van der Waals surface area contributed by atoms with Gasteiger partial charge in [-0.05, 0) is 61.0 Å². The van der Waals surface area contributed by atoms with Crippen molar-refractivity contribution in [2.45, 2.75) is 55.4 Å². The Balaban J connectivity index is 1.91. The topological polar surface area (TPSA) is 101 Å². The van der Waals surface area contributed by atoms with Gasteiger partial charge in [0, 0.05) is 5.56 Å². The summed E-state index contributed by atoms with van der Waals surface area (Å²) in [5, 5.41) is 0. The minimum absolute atomic E-state index is 0.0480. The molecule has 3 aromatic rings. The summed E-state index contributed by atoms with van der Waals surface area (Å²) in [7, 11) is 0. The first-order valence-corrected chi connectivity index (χ1v) is 13.4. The zero-order valence-corrected chi connectivity index (χ0v) is 24.2. The van der Waals surface area contributed by atoms with Crippen molar-refractivity contribution in [3.05, 3.63) is 60.7 Å². The predicted molar refractivity (Wildman–Crippen MR) is 153 cm³/mol. The number of imide groups is 2. The van der Waals surface area contributed by atoms with E-state index in [1.165, 1.54) is 0 Å². The molecule has 5 rings (SSSR count). The fourth-order valence-corrected chi connectivity index (χ4v) is 5.10. The zero-order valence-electron chi connectivity index (χ0n) is 24.2. The lowest BCUT2D eigenvalue weighted by Crippen LogP contribution is -2.37. The van der Waals surface area contributed by atoms with E-state index in [0.717, 1.165) is 9.80 Å². The van der Waals surface area contributed by atoms with Crippen molar-refractivity contribution in [1.29, 1.82) is 0 Å². The molecule has 1 aromatic heterocycles. The molecule has 8 nitrogen and oxygen atoms in total. The number of anilines is 2. The number of nitrogens with zero attached hydrogens (tertiary/aromatic N) is 4. The quantitative estimate of drug-likeness (QED) is 0.397. The molecule has 2 aliphatic heterocycles. The SMILES string of the molecule is CC1(C)C(=O)N(c2nc(-c3ccccc3)nc(N3C(=O)C(C)(C)C(C)(C)C3=O)c2-c2ccccc2)C(=O)C1(C)C. The molecule has 8 heteroatoms. The lowest BCUT2D eigenvalue weighted by Gasteiger charge is -2.28. The molecule has 3 heterocycles. The standard InChI is InChI=1S/C32H34N4O4/c1-29(2)25(37)35(26(38)30(29,3)4)23-21(19-15-11-9-12-16-19)24(34-22(33-23)20-17-13-10-14-18-20)36-27(39)31(5,6)32(7,8)28(36)40/h9-18H,1-8H3. The summed E-state index contributed by atoms with van der Waals surface area (Å²) in [4.78, 5) is 67.6. The maximum atomic E-state index is 13.9. The highest BCUT2D eigenvalue weighted by molar-refractivity contribution is 6.29. The van der Waals surface area contributed by atoms with Crippen LogP contribution in [0.1, 0.15) is 55.4 Å². The maximum Gasteiger partial charge on any atom is 0.241 e. The molecule has 0 atom stereocenters. The van der Waals surface area contributed by atoms with Gasteiger partial charge >= 0.3 is 0 Å². The van der Waals surface area contributed by atoms with Crippen molar-refractivity contribution in [2.75, 3.05) is 9.80 Å². The third-order valence-electron chi connectivity index (χ3n) is 9.46. The first-order valence-electron chi connectivity index (χ1n) is 13.4. The Hall–Kier alpha value is -4.20. The van der Waals surface area contributed by atoms with Crippen LogP contribution >= 0.6 is 0 Å². The van der Waals surface area contributed by atoms with Crippen LogP contribution in [0.15, 0.2) is 60.7 Å². The Morgan fingerprint density at radius 2 is 0.775 bits per heavy atom. The molecule has 0 bridgehead atoms. The van der Waals surface area contributed by atoms with E-state index in [1.807, 2.05) is 24.3 Å². The predicted octanol–water partition coefficient (Wildman–Crippen LogP) is 5.66. The third-order valence-corrected chi connectivity index (χ3v) is 9.46. The minimum atomic E-state index is -1.03. The molecule has 0 aliphatic carbocycles. The molecule has 2 aromatic carbocycles. The first kappa shape index (κ1) is 27.4. The van der Waals surface area contributed by atoms with E-state index in [2.05, 4.69) is 0 Å². The Morgan fingerprint density at radius 1 is 0.475 bits per heavy atom. The summed E-state index contributed by atoms with van der Waals surface area (Å²) in [5.74, 6) is -1.37. The maximum absolute atomic E-state index is 13.9. The summed E-state index contributed by atoms with van der Waals surface area (Å²) in [6.45, 7) is 14.0. The molecule has 2 saturated heterocycles. The summed E-state index contributed by atoms with van der Waals surface area (Å²) >= 11 is 0. The van der Waals surface area contributed by atoms with Crippen LogP contribution in [0.3, 0.4) is 0 Å². The minimum Gasteiger partial charge on any atom is -0.273 e. The van der Waals surface area contributed by atoms with Gasteiger partial charge in [-0.25, -0.2) is 19.8 Å². The van der Waals surface area contributed by atoms with E-state index >= 15 is 0 Å². The van der Waals surface area contributed by atoms with Gasteiger partial charge in [-0.1, -0.05) is 60.7 Å². The molecule has 4 amide bonds. The summed E-state index contributed by atoms with van der Waals surface area (Å²) in [6, 6.07) is 18.1. The molecule has 2 aliphatic rings. The number of benzene rings is 2. The summed E-state index contributed by atoms with van der Waals surface area (Å²) < 4.78 is 0. The van der Waals surface area contributed by atoms with Crippen LogP contribution in [-0.4, -0.2) is 33.6 Å². The van der Waals surface area contributed by atoms with E-state index < -0.39 is 45.3 Å². The van der Waals surface area contributed by atoms with Gasteiger partial charge < -0.3 is 0 Å². The molecular weight excluding hydrogens is 504 g/mol. The molecule has 0 N–H and O–H groups in total. The van der Waals surface area contributed by atoms with Crippen LogP contribution in [0.2, 0.25) is 0 Å². The lowest BCUT2D eigenvalue weighted by molar-refractivity contribution is -0.129. The Morgan fingerprint density at radius 3 is 1.10 bits per heavy atom. The number of aromatic nitrogens is 2. The second kappa shape index (κ2) is 8.65. The second-order valence-corrected chi connectivity index (χ2v) is 12.7. The van der Waals surface area contributed by atoms with Gasteiger partial charge in [0.05, 0.1) is 27.2 Å². The fraction of sp³-hybridized carbons (Fsp3) is 0.375. The number of hydrogen-bond donors (Lipinski definition) is 0. The van der Waals surface area contributed by atoms with E-state index in [-0.39, 0.29) is 23.0 Å². The monoisotopic (exact) mass is 538 g/mol. The largest absolute Gasteiger partial charge is 0.273 e. The Bertz CT molecular complexity index is 1440. The van der Waals surface area contributed by atoms with Gasteiger partial charge in [0.2, 0.25) is 23.6 Å². The van der Waals surface area contributed by atoms with Gasteiger partial charge in [-0.2, -0.15) is 0 Å². The van der Waals surface area contributed by atoms with Crippen molar-refractivity contribution >= 4 is 35.3 Å². The van der Waals surface area contributed by atoms with E-state index in [1.54, 1.807) is 91.8 Å². The van der Waals surface area contributed by atoms with E-state index in [4.69, 9.17) is 9.97 Å². The van der Waals surface area contributed by atoms with Gasteiger partial charge in [-0.15, -0.1) is 0 Å². The molecule has 206 valence electrons. The summed E-state index contributed by atoms with van der Waals surface area (Å²) in [6.07, 6.45) is 0. The van der Waals surface area contributed by atoms with Crippen molar-refractivity contribution in [3.63, 3.8) is 0 Å². The van der Waals surface area contributed by atoms with Gasteiger partial charge in [0.15, 0.2) is 17.5 Å². The smallest absolute Gasteiger partial charge is 0.241 e. The fourth-order valence-electron chi connectivity index (χ4n) is 5.10. The molecule has 40 heavy (non-hydrogen) atoms. The average molecular weight is 539 g/mol. The molecule has 0 radical (unpaired) electrons. The van der Waals surface area contributed by atoms with E-state index in [9.17, 15) is 19.2 Å². The van der Waals surface area contributed by atoms with Crippen LogP contribution < -0.4 is 9.80 Å². The number of carbonyl (C=O) groups excluding carboxylic acids is 4. The second-order valence-electron chi connectivity index (χ2n) is 12.7. The number of hydrogen-bond acceptors (Lipinski definition) is 6. The number of amides is 4. The first-order chi connectivity index (χ1) is 18.6. The zero-order chi connectivity index (χ0) is 29.4. The molecule has 0 saturated carbocycles. The van der Waals surface area contributed by atoms with Crippen LogP contribution in [-0.2, 0) is 19.2 Å². The number of carbonyl (C=O) groups is 4. The van der Waals surface area contributed by atoms with E-state index in [0.29, 0.717) is 11.1 Å². The molecule has 0 unspecified atom stereocenters. The van der Waals surface area contributed by atoms with Crippen LogP contribution in [0.25, 0.3) is 22.5 Å². The third kappa shape index (κ3) is 3.51. The summed E-state index contributed by atoms with van der Waals surface area (Å²) in [5.41, 5.74) is -2.67. The molecule has 2 fully saturated rings. The number of rotatable bonds is 4. The van der Waals surface area contributed by atoms with Crippen LogP contribution in [0.4, 0.5) is 11.6 Å². The molecular formula is C32H34N4O4. The highest BCUT2D eigenvalue weighted by Crippen LogP contribution is 2.53. The Labute approximate surface area is 234 Å². The van der Waals surface area contributed by atoms with Crippen molar-refractivity contribution in [1.82, 2.24) is 9.97 Å². The van der Waals surface area contributed by atoms with Crippen molar-refractivity contribution < 1.29 is 19.2 Å². The van der Waals surface area contributed by atoms with Crippen LogP contribution in [0.5, 0.6) is 0 Å². The van der Waals surface area contributed by atoms with Gasteiger partial charge in [0.1, 0.15) is 0 Å². The van der Waals surface area contributed by atoms with Crippen molar-refractivity contribution in [3.8, 4) is 22.5 Å². The van der Waals surface area contributed by atoms with Gasteiger partial charge in [0.25, 0.3) is 0 Å². The highest BCUT2D eigenvalue weighted by Gasteiger charge is 2.62. The average Bonchev–Trinajstić information content (AvgIpc) is 3.12. The highest BCUT2D eigenvalue weighted by atomic mass is 16.2. The van der Waals surface area contributed by atoms with Crippen molar-refractivity contribution in [2.24, 2.45) is 21.7 Å². The van der Waals surface area contributed by atoms with Crippen LogP contribution in [0, 0.1) is 21.7 Å². The normalized spacial score (nSPS) is 20.9.